The average Bonchev–Trinajstić information content (AvgIpc) is 2.69. The summed E-state index contributed by atoms with van der Waals surface area (Å²) in [5.74, 6) is -0.961. The van der Waals surface area contributed by atoms with Crippen molar-refractivity contribution >= 4 is 16.0 Å². The summed E-state index contributed by atoms with van der Waals surface area (Å²) in [7, 11) is -3.33. The molecule has 1 aliphatic carbocycles. The minimum Gasteiger partial charge on any atom is -0.481 e. The van der Waals surface area contributed by atoms with Crippen LogP contribution in [-0.4, -0.2) is 41.6 Å². The van der Waals surface area contributed by atoms with Crippen LogP contribution in [0.15, 0.2) is 0 Å². The highest BCUT2D eigenvalue weighted by molar-refractivity contribution is 7.89. The van der Waals surface area contributed by atoms with Gasteiger partial charge in [0.15, 0.2) is 0 Å². The number of aliphatic carboxylic acids is 1. The SMILES string of the molecule is CC(C)N(CCC(=O)O)S(=O)(=O)C1CCCC1. The summed E-state index contributed by atoms with van der Waals surface area (Å²) in [6.07, 6.45) is 3.19. The molecule has 0 unspecified atom stereocenters. The molecular formula is C11H21NO4S. The zero-order chi connectivity index (χ0) is 13.1. The van der Waals surface area contributed by atoms with Gasteiger partial charge in [0.1, 0.15) is 0 Å². The molecule has 0 aromatic heterocycles. The van der Waals surface area contributed by atoms with Crippen molar-refractivity contribution < 1.29 is 18.3 Å². The lowest BCUT2D eigenvalue weighted by Crippen LogP contribution is -2.43. The van der Waals surface area contributed by atoms with E-state index < -0.39 is 16.0 Å². The summed E-state index contributed by atoms with van der Waals surface area (Å²) in [5.41, 5.74) is 0. The summed E-state index contributed by atoms with van der Waals surface area (Å²) < 4.78 is 26.0. The first-order valence-corrected chi connectivity index (χ1v) is 7.58. The summed E-state index contributed by atoms with van der Waals surface area (Å²) in [4.78, 5) is 10.6. The lowest BCUT2D eigenvalue weighted by molar-refractivity contribution is -0.137. The summed E-state index contributed by atoms with van der Waals surface area (Å²) in [6, 6.07) is -0.181. The molecule has 1 saturated carbocycles. The number of carbonyl (C=O) groups is 1. The van der Waals surface area contributed by atoms with E-state index in [-0.39, 0.29) is 24.3 Å². The Labute approximate surface area is 103 Å². The molecule has 0 amide bonds. The minimum atomic E-state index is -3.33. The molecule has 0 aliphatic heterocycles. The Balaban J connectivity index is 2.77. The fourth-order valence-electron chi connectivity index (χ4n) is 2.26. The molecular weight excluding hydrogens is 242 g/mol. The van der Waals surface area contributed by atoms with E-state index in [9.17, 15) is 13.2 Å². The molecule has 1 rings (SSSR count). The normalized spacial score (nSPS) is 18.1. The van der Waals surface area contributed by atoms with Crippen LogP contribution in [0.4, 0.5) is 0 Å². The third-order valence-electron chi connectivity index (χ3n) is 3.17. The molecule has 0 bridgehead atoms. The summed E-state index contributed by atoms with van der Waals surface area (Å²) >= 11 is 0. The summed E-state index contributed by atoms with van der Waals surface area (Å²) in [6.45, 7) is 3.65. The highest BCUT2D eigenvalue weighted by Gasteiger charge is 2.35. The number of hydrogen-bond acceptors (Lipinski definition) is 3. The maximum atomic E-state index is 12.3. The van der Waals surface area contributed by atoms with Crippen molar-refractivity contribution in [1.29, 1.82) is 0 Å². The van der Waals surface area contributed by atoms with Crippen LogP contribution in [0, 0.1) is 0 Å². The zero-order valence-corrected chi connectivity index (χ0v) is 11.2. The van der Waals surface area contributed by atoms with E-state index in [4.69, 9.17) is 5.11 Å². The molecule has 0 spiro atoms. The molecule has 0 aromatic carbocycles. The highest BCUT2D eigenvalue weighted by atomic mass is 32.2. The van der Waals surface area contributed by atoms with E-state index in [0.717, 1.165) is 12.8 Å². The zero-order valence-electron chi connectivity index (χ0n) is 10.4. The summed E-state index contributed by atoms with van der Waals surface area (Å²) in [5, 5.41) is 8.35. The first kappa shape index (κ1) is 14.4. The first-order valence-electron chi connectivity index (χ1n) is 6.08. The first-order chi connectivity index (χ1) is 7.85. The van der Waals surface area contributed by atoms with Crippen LogP contribution >= 0.6 is 0 Å². The molecule has 17 heavy (non-hydrogen) atoms. The second kappa shape index (κ2) is 5.82. The molecule has 6 heteroatoms. The van der Waals surface area contributed by atoms with E-state index in [0.29, 0.717) is 12.8 Å². The maximum Gasteiger partial charge on any atom is 0.304 e. The third kappa shape index (κ3) is 3.67. The van der Waals surface area contributed by atoms with Gasteiger partial charge in [-0.25, -0.2) is 8.42 Å². The van der Waals surface area contributed by atoms with E-state index in [1.807, 2.05) is 0 Å². The number of rotatable bonds is 6. The quantitative estimate of drug-likeness (QED) is 0.787. The van der Waals surface area contributed by atoms with Crippen LogP contribution in [0.25, 0.3) is 0 Å². The molecule has 1 N–H and O–H groups in total. The second-order valence-corrected chi connectivity index (χ2v) is 6.97. The molecule has 1 fully saturated rings. The standard InChI is InChI=1S/C11H21NO4S/c1-9(2)12(8-7-11(13)14)17(15,16)10-5-3-4-6-10/h9-10H,3-8H2,1-2H3,(H,13,14). The van der Waals surface area contributed by atoms with Gasteiger partial charge in [0, 0.05) is 12.6 Å². The lowest BCUT2D eigenvalue weighted by Gasteiger charge is -2.28. The van der Waals surface area contributed by atoms with Crippen LogP contribution in [0.5, 0.6) is 0 Å². The molecule has 0 aromatic rings. The number of carboxylic acids is 1. The van der Waals surface area contributed by atoms with E-state index in [2.05, 4.69) is 0 Å². The van der Waals surface area contributed by atoms with Gasteiger partial charge in [-0.1, -0.05) is 12.8 Å². The fraction of sp³-hybridized carbons (Fsp3) is 0.909. The van der Waals surface area contributed by atoms with Crippen LogP contribution in [0.3, 0.4) is 0 Å². The predicted molar refractivity (Wildman–Crippen MR) is 65.3 cm³/mol. The lowest BCUT2D eigenvalue weighted by atomic mass is 10.3. The molecule has 0 saturated heterocycles. The maximum absolute atomic E-state index is 12.3. The Kier molecular flexibility index (Phi) is 4.94. The monoisotopic (exact) mass is 263 g/mol. The van der Waals surface area contributed by atoms with Crippen LogP contribution in [-0.2, 0) is 14.8 Å². The third-order valence-corrected chi connectivity index (χ3v) is 5.74. The van der Waals surface area contributed by atoms with Gasteiger partial charge in [0.2, 0.25) is 10.0 Å². The van der Waals surface area contributed by atoms with Crippen LogP contribution < -0.4 is 0 Å². The molecule has 5 nitrogen and oxygen atoms in total. The van der Waals surface area contributed by atoms with Gasteiger partial charge in [-0.15, -0.1) is 0 Å². The van der Waals surface area contributed by atoms with Crippen molar-refractivity contribution in [3.63, 3.8) is 0 Å². The Morgan fingerprint density at radius 2 is 1.88 bits per heavy atom. The van der Waals surface area contributed by atoms with Crippen molar-refractivity contribution in [1.82, 2.24) is 4.31 Å². The van der Waals surface area contributed by atoms with Gasteiger partial charge in [0.05, 0.1) is 11.7 Å². The predicted octanol–water partition coefficient (Wildman–Crippen LogP) is 1.44. The van der Waals surface area contributed by atoms with Crippen molar-refractivity contribution in [2.24, 2.45) is 0 Å². The second-order valence-electron chi connectivity index (χ2n) is 4.80. The van der Waals surface area contributed by atoms with Gasteiger partial charge >= 0.3 is 5.97 Å². The van der Waals surface area contributed by atoms with Crippen LogP contribution in [0.1, 0.15) is 46.0 Å². The molecule has 1 aliphatic rings. The fourth-order valence-corrected chi connectivity index (χ4v) is 4.51. The average molecular weight is 263 g/mol. The van der Waals surface area contributed by atoms with Crippen molar-refractivity contribution in [2.45, 2.75) is 57.2 Å². The Hall–Kier alpha value is -0.620. The number of nitrogens with zero attached hydrogens (tertiary/aromatic N) is 1. The van der Waals surface area contributed by atoms with E-state index in [1.165, 1.54) is 4.31 Å². The van der Waals surface area contributed by atoms with Gasteiger partial charge in [-0.2, -0.15) is 4.31 Å². The molecule has 0 heterocycles. The Bertz CT molecular complexity index is 358. The number of carboxylic acid groups (broad SMARTS) is 1. The van der Waals surface area contributed by atoms with Gasteiger partial charge in [-0.3, -0.25) is 4.79 Å². The van der Waals surface area contributed by atoms with Gasteiger partial charge < -0.3 is 5.11 Å². The van der Waals surface area contributed by atoms with Gasteiger partial charge in [0.25, 0.3) is 0 Å². The minimum absolute atomic E-state index is 0.0752. The molecule has 0 radical (unpaired) electrons. The topological polar surface area (TPSA) is 74.7 Å². The van der Waals surface area contributed by atoms with Crippen molar-refractivity contribution in [3.05, 3.63) is 0 Å². The van der Waals surface area contributed by atoms with Gasteiger partial charge in [-0.05, 0) is 26.7 Å². The van der Waals surface area contributed by atoms with Crippen LogP contribution in [0.2, 0.25) is 0 Å². The smallest absolute Gasteiger partial charge is 0.304 e. The highest BCUT2D eigenvalue weighted by Crippen LogP contribution is 2.28. The Morgan fingerprint density at radius 1 is 1.35 bits per heavy atom. The van der Waals surface area contributed by atoms with E-state index >= 15 is 0 Å². The van der Waals surface area contributed by atoms with Crippen molar-refractivity contribution in [3.8, 4) is 0 Å². The van der Waals surface area contributed by atoms with E-state index in [1.54, 1.807) is 13.8 Å². The van der Waals surface area contributed by atoms with Crippen molar-refractivity contribution in [2.75, 3.05) is 6.54 Å². The molecule has 0 atom stereocenters. The Morgan fingerprint density at radius 3 is 2.29 bits per heavy atom. The largest absolute Gasteiger partial charge is 0.481 e. The molecule has 100 valence electrons. The number of sulfonamides is 1. The number of hydrogen-bond donors (Lipinski definition) is 1.